The first kappa shape index (κ1) is 15.8. The van der Waals surface area contributed by atoms with Gasteiger partial charge in [0.1, 0.15) is 0 Å². The Morgan fingerprint density at radius 1 is 1.28 bits per heavy atom. The standard InChI is InChI=1S/C14H21Cl2NO/c1-14(2,3)13(18-4)12(17)8-9-7-10(15)5-6-11(9)16/h5-7,12-13H,8,17H2,1-4H3. The van der Waals surface area contributed by atoms with Gasteiger partial charge in [-0.15, -0.1) is 0 Å². The van der Waals surface area contributed by atoms with E-state index in [1.54, 1.807) is 19.2 Å². The third-order valence-electron chi connectivity index (χ3n) is 2.96. The molecule has 2 N–H and O–H groups in total. The van der Waals surface area contributed by atoms with E-state index in [1.165, 1.54) is 0 Å². The van der Waals surface area contributed by atoms with Crippen LogP contribution in [-0.2, 0) is 11.2 Å². The lowest BCUT2D eigenvalue weighted by Crippen LogP contribution is -2.46. The molecule has 0 fully saturated rings. The second kappa shape index (κ2) is 6.25. The van der Waals surface area contributed by atoms with Crippen LogP contribution in [0.3, 0.4) is 0 Å². The number of benzene rings is 1. The summed E-state index contributed by atoms with van der Waals surface area (Å²) in [5, 5.41) is 1.37. The molecule has 4 heteroatoms. The molecule has 18 heavy (non-hydrogen) atoms. The molecule has 102 valence electrons. The summed E-state index contributed by atoms with van der Waals surface area (Å²) >= 11 is 12.1. The first-order chi connectivity index (χ1) is 8.25. The molecular formula is C14H21Cl2NO. The predicted octanol–water partition coefficient (Wildman–Crippen LogP) is 3.92. The molecular weight excluding hydrogens is 269 g/mol. The van der Waals surface area contributed by atoms with Crippen molar-refractivity contribution in [2.75, 3.05) is 7.11 Å². The third-order valence-corrected chi connectivity index (χ3v) is 3.56. The van der Waals surface area contributed by atoms with Gasteiger partial charge in [0.15, 0.2) is 0 Å². The molecule has 0 aliphatic heterocycles. The van der Waals surface area contributed by atoms with Gasteiger partial charge in [0.2, 0.25) is 0 Å². The van der Waals surface area contributed by atoms with Gasteiger partial charge in [0.05, 0.1) is 6.10 Å². The molecule has 0 aliphatic carbocycles. The Hall–Kier alpha value is -0.280. The summed E-state index contributed by atoms with van der Waals surface area (Å²) < 4.78 is 5.52. The molecule has 2 nitrogen and oxygen atoms in total. The second-order valence-electron chi connectivity index (χ2n) is 5.63. The summed E-state index contributed by atoms with van der Waals surface area (Å²) in [7, 11) is 1.69. The fraction of sp³-hybridized carbons (Fsp3) is 0.571. The quantitative estimate of drug-likeness (QED) is 0.912. The fourth-order valence-electron chi connectivity index (χ4n) is 2.23. The van der Waals surface area contributed by atoms with Gasteiger partial charge < -0.3 is 10.5 Å². The molecule has 0 aromatic heterocycles. The molecule has 0 radical (unpaired) electrons. The zero-order valence-electron chi connectivity index (χ0n) is 11.3. The van der Waals surface area contributed by atoms with Crippen LogP contribution in [0.5, 0.6) is 0 Å². The number of ether oxygens (including phenoxy) is 1. The van der Waals surface area contributed by atoms with E-state index in [1.807, 2.05) is 6.07 Å². The molecule has 2 unspecified atom stereocenters. The minimum Gasteiger partial charge on any atom is -0.379 e. The SMILES string of the molecule is COC(C(N)Cc1cc(Cl)ccc1Cl)C(C)(C)C. The largest absolute Gasteiger partial charge is 0.379 e. The maximum Gasteiger partial charge on any atom is 0.0773 e. The summed E-state index contributed by atoms with van der Waals surface area (Å²) in [6.07, 6.45) is 0.613. The van der Waals surface area contributed by atoms with Crippen LogP contribution >= 0.6 is 23.2 Å². The van der Waals surface area contributed by atoms with Crippen molar-refractivity contribution in [3.63, 3.8) is 0 Å². The van der Waals surface area contributed by atoms with Gasteiger partial charge >= 0.3 is 0 Å². The Balaban J connectivity index is 2.86. The normalized spacial score (nSPS) is 15.5. The van der Waals surface area contributed by atoms with Crippen LogP contribution in [0.25, 0.3) is 0 Å². The van der Waals surface area contributed by atoms with E-state index in [9.17, 15) is 0 Å². The number of nitrogens with two attached hydrogens (primary N) is 1. The Kier molecular flexibility index (Phi) is 5.47. The Morgan fingerprint density at radius 2 is 1.89 bits per heavy atom. The van der Waals surface area contributed by atoms with Crippen LogP contribution in [0.15, 0.2) is 18.2 Å². The van der Waals surface area contributed by atoms with Gasteiger partial charge in [-0.1, -0.05) is 44.0 Å². The average Bonchev–Trinajstić information content (AvgIpc) is 2.22. The molecule has 2 atom stereocenters. The molecule has 0 spiro atoms. The number of hydrogen-bond acceptors (Lipinski definition) is 2. The molecule has 0 saturated carbocycles. The number of halogens is 2. The van der Waals surface area contributed by atoms with Crippen molar-refractivity contribution in [1.29, 1.82) is 0 Å². The summed E-state index contributed by atoms with van der Waals surface area (Å²) in [6, 6.07) is 5.31. The molecule has 0 aliphatic rings. The molecule has 0 heterocycles. The van der Waals surface area contributed by atoms with Gasteiger partial charge in [-0.2, -0.15) is 0 Å². The van der Waals surface area contributed by atoms with Crippen LogP contribution in [0.4, 0.5) is 0 Å². The van der Waals surface area contributed by atoms with Gasteiger partial charge in [0, 0.05) is 23.2 Å². The van der Waals surface area contributed by atoms with Crippen molar-refractivity contribution >= 4 is 23.2 Å². The average molecular weight is 290 g/mol. The number of methoxy groups -OCH3 is 1. The van der Waals surface area contributed by atoms with Crippen LogP contribution in [0.1, 0.15) is 26.3 Å². The van der Waals surface area contributed by atoms with Crippen LogP contribution in [0, 0.1) is 5.41 Å². The van der Waals surface area contributed by atoms with Crippen LogP contribution in [0.2, 0.25) is 10.0 Å². The topological polar surface area (TPSA) is 35.2 Å². The first-order valence-electron chi connectivity index (χ1n) is 5.98. The Labute approximate surface area is 119 Å². The third kappa shape index (κ3) is 4.13. The molecule has 1 aromatic rings. The highest BCUT2D eigenvalue weighted by molar-refractivity contribution is 6.33. The van der Waals surface area contributed by atoms with Gasteiger partial charge in [0.25, 0.3) is 0 Å². The Morgan fingerprint density at radius 3 is 2.39 bits per heavy atom. The Bertz CT molecular complexity index is 401. The van der Waals surface area contributed by atoms with E-state index >= 15 is 0 Å². The van der Waals surface area contributed by atoms with E-state index in [4.69, 9.17) is 33.7 Å². The lowest BCUT2D eigenvalue weighted by Gasteiger charge is -2.34. The van der Waals surface area contributed by atoms with Gasteiger partial charge in [-0.3, -0.25) is 0 Å². The van der Waals surface area contributed by atoms with Crippen molar-refractivity contribution in [3.05, 3.63) is 33.8 Å². The molecule has 1 rings (SSSR count). The minimum absolute atomic E-state index is 0.0147. The predicted molar refractivity (Wildman–Crippen MR) is 78.4 cm³/mol. The summed E-state index contributed by atoms with van der Waals surface area (Å²) in [5.74, 6) is 0. The van der Waals surface area contributed by atoms with E-state index in [0.717, 1.165) is 5.56 Å². The van der Waals surface area contributed by atoms with Crippen molar-refractivity contribution in [1.82, 2.24) is 0 Å². The van der Waals surface area contributed by atoms with Crippen molar-refractivity contribution in [2.24, 2.45) is 11.1 Å². The molecule has 0 amide bonds. The summed E-state index contributed by atoms with van der Waals surface area (Å²) in [4.78, 5) is 0. The summed E-state index contributed by atoms with van der Waals surface area (Å²) in [6.45, 7) is 6.34. The van der Waals surface area contributed by atoms with E-state index < -0.39 is 0 Å². The lowest BCUT2D eigenvalue weighted by atomic mass is 9.83. The maximum atomic E-state index is 6.24. The van der Waals surface area contributed by atoms with E-state index in [-0.39, 0.29) is 17.6 Å². The fourth-order valence-corrected chi connectivity index (χ4v) is 2.62. The first-order valence-corrected chi connectivity index (χ1v) is 6.73. The summed E-state index contributed by atoms with van der Waals surface area (Å²) in [5.41, 5.74) is 7.19. The highest BCUT2D eigenvalue weighted by Crippen LogP contribution is 2.27. The monoisotopic (exact) mass is 289 g/mol. The van der Waals surface area contributed by atoms with Crippen molar-refractivity contribution in [3.8, 4) is 0 Å². The highest BCUT2D eigenvalue weighted by Gasteiger charge is 2.30. The van der Waals surface area contributed by atoms with Gasteiger partial charge in [-0.25, -0.2) is 0 Å². The molecule has 1 aromatic carbocycles. The molecule has 0 bridgehead atoms. The highest BCUT2D eigenvalue weighted by atomic mass is 35.5. The smallest absolute Gasteiger partial charge is 0.0773 e. The van der Waals surface area contributed by atoms with E-state index in [2.05, 4.69) is 20.8 Å². The molecule has 0 saturated heterocycles. The van der Waals surface area contributed by atoms with Crippen molar-refractivity contribution < 1.29 is 4.74 Å². The zero-order valence-corrected chi connectivity index (χ0v) is 12.8. The van der Waals surface area contributed by atoms with Gasteiger partial charge in [-0.05, 0) is 35.6 Å². The second-order valence-corrected chi connectivity index (χ2v) is 6.47. The van der Waals surface area contributed by atoms with Crippen LogP contribution < -0.4 is 5.73 Å². The maximum absolute atomic E-state index is 6.24. The lowest BCUT2D eigenvalue weighted by molar-refractivity contribution is -0.00165. The number of hydrogen-bond donors (Lipinski definition) is 1. The van der Waals surface area contributed by atoms with Crippen LogP contribution in [-0.4, -0.2) is 19.3 Å². The minimum atomic E-state index is -0.119. The number of rotatable bonds is 4. The zero-order chi connectivity index (χ0) is 13.9. The van der Waals surface area contributed by atoms with E-state index in [0.29, 0.717) is 16.5 Å². The van der Waals surface area contributed by atoms with Crippen molar-refractivity contribution in [2.45, 2.75) is 39.3 Å².